The van der Waals surface area contributed by atoms with Crippen molar-refractivity contribution < 1.29 is 0 Å². The molecule has 8 heteroatoms. The van der Waals surface area contributed by atoms with Crippen LogP contribution < -0.4 is 5.32 Å². The fourth-order valence-electron chi connectivity index (χ4n) is 2.91. The van der Waals surface area contributed by atoms with Crippen molar-refractivity contribution in [3.63, 3.8) is 0 Å². The van der Waals surface area contributed by atoms with E-state index in [0.29, 0.717) is 5.92 Å². The predicted octanol–water partition coefficient (Wildman–Crippen LogP) is 2.76. The number of aromatic nitrogens is 4. The van der Waals surface area contributed by atoms with Crippen LogP contribution in [0.2, 0.25) is 0 Å². The number of nitrogens with zero attached hydrogens (tertiary/aromatic N) is 6. The summed E-state index contributed by atoms with van der Waals surface area (Å²) in [5.74, 6) is 1.31. The molecule has 2 rings (SSSR count). The van der Waals surface area contributed by atoms with Gasteiger partial charge in [-0.3, -0.25) is 14.4 Å². The summed E-state index contributed by atoms with van der Waals surface area (Å²) in [4.78, 5) is 6.54. The molecule has 0 fully saturated rings. The molecular formula is C18H32IN7. The summed E-state index contributed by atoms with van der Waals surface area (Å²) < 4.78 is 3.87. The van der Waals surface area contributed by atoms with Gasteiger partial charge in [0.15, 0.2) is 5.96 Å². The summed E-state index contributed by atoms with van der Waals surface area (Å²) in [5.41, 5.74) is 3.59. The third-order valence-corrected chi connectivity index (χ3v) is 4.07. The number of halogens is 1. The Hall–Kier alpha value is -1.58. The van der Waals surface area contributed by atoms with Crippen molar-refractivity contribution in [2.24, 2.45) is 12.0 Å². The van der Waals surface area contributed by atoms with E-state index in [1.165, 1.54) is 11.1 Å². The molecule has 0 aliphatic carbocycles. The molecule has 2 heterocycles. The van der Waals surface area contributed by atoms with Crippen LogP contribution in [0, 0.1) is 6.92 Å². The minimum atomic E-state index is 0. The lowest BCUT2D eigenvalue weighted by Gasteiger charge is -2.22. The van der Waals surface area contributed by atoms with Gasteiger partial charge in [0.25, 0.3) is 0 Å². The maximum Gasteiger partial charge on any atom is 0.193 e. The Morgan fingerprint density at radius 3 is 2.65 bits per heavy atom. The highest BCUT2D eigenvalue weighted by Gasteiger charge is 2.14. The number of rotatable bonds is 7. The van der Waals surface area contributed by atoms with Gasteiger partial charge in [-0.15, -0.1) is 24.0 Å². The highest BCUT2D eigenvalue weighted by Crippen LogP contribution is 2.18. The number of nitrogens with one attached hydrogen (secondary N) is 1. The van der Waals surface area contributed by atoms with E-state index in [1.54, 1.807) is 0 Å². The van der Waals surface area contributed by atoms with E-state index >= 15 is 0 Å². The van der Waals surface area contributed by atoms with Crippen LogP contribution >= 0.6 is 24.0 Å². The second kappa shape index (κ2) is 10.5. The first-order valence-electron chi connectivity index (χ1n) is 8.84. The molecule has 0 aliphatic rings. The molecule has 0 amide bonds. The maximum atomic E-state index is 4.58. The molecule has 0 unspecified atom stereocenters. The minimum Gasteiger partial charge on any atom is -0.356 e. The van der Waals surface area contributed by atoms with Crippen molar-refractivity contribution in [1.82, 2.24) is 29.8 Å². The first-order valence-corrected chi connectivity index (χ1v) is 8.84. The van der Waals surface area contributed by atoms with E-state index in [2.05, 4.69) is 65.6 Å². The summed E-state index contributed by atoms with van der Waals surface area (Å²) in [6, 6.07) is 0. The van der Waals surface area contributed by atoms with Crippen molar-refractivity contribution in [2.45, 2.75) is 46.2 Å². The summed E-state index contributed by atoms with van der Waals surface area (Å²) in [6.45, 7) is 8.97. The average molecular weight is 473 g/mol. The number of hydrogen-bond donors (Lipinski definition) is 1. The van der Waals surface area contributed by atoms with Crippen LogP contribution in [0.15, 0.2) is 23.6 Å². The molecule has 0 bridgehead atoms. The Morgan fingerprint density at radius 1 is 1.35 bits per heavy atom. The monoisotopic (exact) mass is 473 g/mol. The SMILES string of the molecule is CN=C(NCCCn1cc(C)cn1)N(C)Cc1cn(C)nc1C(C)C.I. The maximum absolute atomic E-state index is 4.58. The van der Waals surface area contributed by atoms with Gasteiger partial charge < -0.3 is 10.2 Å². The summed E-state index contributed by atoms with van der Waals surface area (Å²) >= 11 is 0. The van der Waals surface area contributed by atoms with Gasteiger partial charge in [-0.25, -0.2) is 0 Å². The summed E-state index contributed by atoms with van der Waals surface area (Å²) in [7, 11) is 5.85. The molecule has 0 spiro atoms. The molecule has 0 radical (unpaired) electrons. The van der Waals surface area contributed by atoms with Gasteiger partial charge in [-0.05, 0) is 24.8 Å². The fourth-order valence-corrected chi connectivity index (χ4v) is 2.91. The first-order chi connectivity index (χ1) is 11.9. The second-order valence-corrected chi connectivity index (χ2v) is 6.83. The molecule has 0 atom stereocenters. The second-order valence-electron chi connectivity index (χ2n) is 6.83. The van der Waals surface area contributed by atoms with E-state index in [-0.39, 0.29) is 24.0 Å². The van der Waals surface area contributed by atoms with Crippen LogP contribution in [0.1, 0.15) is 43.0 Å². The van der Waals surface area contributed by atoms with Gasteiger partial charge >= 0.3 is 0 Å². The standard InChI is InChI=1S/C18H31N7.HI/c1-14(2)17-16(13-24(6)22-17)12-23(5)18(19-4)20-8-7-9-25-11-15(3)10-21-25;/h10-11,13-14H,7-9,12H2,1-6H3,(H,19,20);1H. The Morgan fingerprint density at radius 2 is 2.08 bits per heavy atom. The van der Waals surface area contributed by atoms with Crippen LogP contribution in [-0.4, -0.2) is 51.1 Å². The molecule has 26 heavy (non-hydrogen) atoms. The van der Waals surface area contributed by atoms with Crippen molar-refractivity contribution in [3.8, 4) is 0 Å². The molecule has 0 saturated heterocycles. The predicted molar refractivity (Wildman–Crippen MR) is 117 cm³/mol. The van der Waals surface area contributed by atoms with Gasteiger partial charge in [0.2, 0.25) is 0 Å². The van der Waals surface area contributed by atoms with E-state index in [4.69, 9.17) is 0 Å². The highest BCUT2D eigenvalue weighted by molar-refractivity contribution is 14.0. The van der Waals surface area contributed by atoms with E-state index in [9.17, 15) is 0 Å². The third-order valence-electron chi connectivity index (χ3n) is 4.07. The van der Waals surface area contributed by atoms with Gasteiger partial charge in [-0.2, -0.15) is 10.2 Å². The molecule has 7 nitrogen and oxygen atoms in total. The average Bonchev–Trinajstić information content (AvgIpc) is 3.13. The van der Waals surface area contributed by atoms with E-state index in [0.717, 1.165) is 37.7 Å². The number of guanidine groups is 1. The van der Waals surface area contributed by atoms with Crippen molar-refractivity contribution in [3.05, 3.63) is 35.4 Å². The van der Waals surface area contributed by atoms with Gasteiger partial charge in [0.1, 0.15) is 0 Å². The fraction of sp³-hybridized carbons (Fsp3) is 0.611. The summed E-state index contributed by atoms with van der Waals surface area (Å²) in [5, 5.41) is 12.3. The lowest BCUT2D eigenvalue weighted by Crippen LogP contribution is -2.39. The minimum absolute atomic E-state index is 0. The Bertz CT molecular complexity index is 702. The topological polar surface area (TPSA) is 63.3 Å². The lowest BCUT2D eigenvalue weighted by molar-refractivity contribution is 0.468. The first kappa shape index (κ1) is 22.5. The molecule has 1 N–H and O–H groups in total. The normalized spacial score (nSPS) is 11.6. The van der Waals surface area contributed by atoms with Gasteiger partial charge in [0, 0.05) is 58.7 Å². The van der Waals surface area contributed by atoms with Crippen molar-refractivity contribution in [2.75, 3.05) is 20.6 Å². The molecule has 0 aromatic carbocycles. The van der Waals surface area contributed by atoms with Crippen LogP contribution in [0.5, 0.6) is 0 Å². The van der Waals surface area contributed by atoms with Gasteiger partial charge in [0.05, 0.1) is 11.9 Å². The van der Waals surface area contributed by atoms with Crippen LogP contribution in [0.3, 0.4) is 0 Å². The quantitative estimate of drug-likeness (QED) is 0.291. The molecule has 146 valence electrons. The highest BCUT2D eigenvalue weighted by atomic mass is 127. The van der Waals surface area contributed by atoms with Crippen molar-refractivity contribution in [1.29, 1.82) is 0 Å². The van der Waals surface area contributed by atoms with Crippen LogP contribution in [0.4, 0.5) is 0 Å². The van der Waals surface area contributed by atoms with Crippen LogP contribution in [-0.2, 0) is 20.1 Å². The molecule has 2 aromatic rings. The summed E-state index contributed by atoms with van der Waals surface area (Å²) in [6.07, 6.45) is 7.05. The number of hydrogen-bond acceptors (Lipinski definition) is 3. The molecule has 2 aromatic heterocycles. The molecule has 0 aliphatic heterocycles. The zero-order valence-electron chi connectivity index (χ0n) is 16.7. The Kier molecular flexibility index (Phi) is 9.11. The van der Waals surface area contributed by atoms with E-state index in [1.807, 2.05) is 29.7 Å². The largest absolute Gasteiger partial charge is 0.356 e. The Balaban J connectivity index is 0.00000338. The molecular weight excluding hydrogens is 441 g/mol. The third kappa shape index (κ3) is 6.30. The lowest BCUT2D eigenvalue weighted by atomic mass is 10.1. The number of aliphatic imine (C=N–C) groups is 1. The van der Waals surface area contributed by atoms with Gasteiger partial charge in [-0.1, -0.05) is 13.8 Å². The smallest absolute Gasteiger partial charge is 0.193 e. The van der Waals surface area contributed by atoms with E-state index < -0.39 is 0 Å². The van der Waals surface area contributed by atoms with Crippen LogP contribution in [0.25, 0.3) is 0 Å². The molecule has 0 saturated carbocycles. The zero-order valence-corrected chi connectivity index (χ0v) is 19.1. The Labute approximate surface area is 173 Å². The van der Waals surface area contributed by atoms with Crippen molar-refractivity contribution >= 4 is 29.9 Å². The zero-order chi connectivity index (χ0) is 18.4. The number of aryl methyl sites for hydroxylation is 3.